The zero-order valence-electron chi connectivity index (χ0n) is 8.92. The Hall–Kier alpha value is -1.56. The van der Waals surface area contributed by atoms with Gasteiger partial charge in [0.2, 0.25) is 5.91 Å². The fourth-order valence-electron chi connectivity index (χ4n) is 1.22. The van der Waals surface area contributed by atoms with Crippen LogP contribution in [-0.4, -0.2) is 45.4 Å². The van der Waals surface area contributed by atoms with Crippen molar-refractivity contribution in [2.45, 2.75) is 19.6 Å². The molecular formula is C9H16N4O2. The second-order valence-corrected chi connectivity index (χ2v) is 3.59. The summed E-state index contributed by atoms with van der Waals surface area (Å²) in [5, 5.41) is 13.0. The number of aliphatic hydroxyl groups excluding tert-OH is 1. The number of nitrogen functional groups attached to an aromatic ring is 1. The molecule has 0 aromatic carbocycles. The Morgan fingerprint density at radius 1 is 1.80 bits per heavy atom. The molecule has 3 N–H and O–H groups in total. The largest absolute Gasteiger partial charge is 0.396 e. The summed E-state index contributed by atoms with van der Waals surface area (Å²) in [6.45, 7) is 2.09. The molecule has 0 saturated carbocycles. The van der Waals surface area contributed by atoms with E-state index in [-0.39, 0.29) is 12.5 Å². The van der Waals surface area contributed by atoms with E-state index in [1.54, 1.807) is 20.2 Å². The summed E-state index contributed by atoms with van der Waals surface area (Å²) < 4.78 is 1.47. The highest BCUT2D eigenvalue weighted by molar-refractivity contribution is 5.75. The molecule has 84 valence electrons. The number of hydrogen-bond donors (Lipinski definition) is 2. The molecule has 1 unspecified atom stereocenters. The number of anilines is 1. The van der Waals surface area contributed by atoms with Crippen LogP contribution in [0.2, 0.25) is 0 Å². The molecule has 0 bridgehead atoms. The van der Waals surface area contributed by atoms with Gasteiger partial charge in [-0.15, -0.1) is 0 Å². The van der Waals surface area contributed by atoms with Crippen molar-refractivity contribution in [2.75, 3.05) is 19.3 Å². The normalized spacial score (nSPS) is 12.5. The smallest absolute Gasteiger partial charge is 0.244 e. The summed E-state index contributed by atoms with van der Waals surface area (Å²) in [4.78, 5) is 13.0. The monoisotopic (exact) mass is 212 g/mol. The number of likely N-dealkylation sites (N-methyl/N-ethyl adjacent to an activating group) is 1. The lowest BCUT2D eigenvalue weighted by Gasteiger charge is -2.18. The molecule has 0 aliphatic heterocycles. The van der Waals surface area contributed by atoms with E-state index in [4.69, 9.17) is 10.8 Å². The van der Waals surface area contributed by atoms with Crippen LogP contribution in [0.1, 0.15) is 6.92 Å². The molecule has 1 amide bonds. The number of nitrogens with two attached hydrogens (primary N) is 1. The highest BCUT2D eigenvalue weighted by Crippen LogP contribution is 1.99. The fraction of sp³-hybridized carbons (Fsp3) is 0.556. The first kappa shape index (κ1) is 11.5. The molecule has 6 heteroatoms. The van der Waals surface area contributed by atoms with E-state index in [1.807, 2.05) is 0 Å². The maximum atomic E-state index is 11.6. The Morgan fingerprint density at radius 2 is 2.47 bits per heavy atom. The van der Waals surface area contributed by atoms with Crippen LogP contribution in [0.4, 0.5) is 5.69 Å². The van der Waals surface area contributed by atoms with Crippen LogP contribution in [0, 0.1) is 0 Å². The number of hydrogen-bond acceptors (Lipinski definition) is 4. The van der Waals surface area contributed by atoms with Crippen molar-refractivity contribution in [1.29, 1.82) is 0 Å². The lowest BCUT2D eigenvalue weighted by molar-refractivity contribution is -0.131. The summed E-state index contributed by atoms with van der Waals surface area (Å²) in [5.74, 6) is -0.112. The van der Waals surface area contributed by atoms with Gasteiger partial charge in [-0.25, -0.2) is 0 Å². The minimum atomic E-state index is -0.526. The van der Waals surface area contributed by atoms with Crippen molar-refractivity contribution >= 4 is 11.6 Å². The van der Waals surface area contributed by atoms with Gasteiger partial charge in [-0.3, -0.25) is 9.48 Å². The van der Waals surface area contributed by atoms with Crippen molar-refractivity contribution in [1.82, 2.24) is 14.7 Å². The Labute approximate surface area is 88.3 Å². The lowest BCUT2D eigenvalue weighted by Crippen LogP contribution is -2.35. The maximum Gasteiger partial charge on any atom is 0.244 e. The summed E-state index contributed by atoms with van der Waals surface area (Å²) in [6, 6.07) is 0. The van der Waals surface area contributed by atoms with E-state index in [0.29, 0.717) is 12.2 Å². The number of amides is 1. The predicted molar refractivity (Wildman–Crippen MR) is 56.0 cm³/mol. The molecule has 1 atom stereocenters. The van der Waals surface area contributed by atoms with Crippen LogP contribution in [0.15, 0.2) is 12.4 Å². The first-order valence-electron chi connectivity index (χ1n) is 4.69. The molecular weight excluding hydrogens is 196 g/mol. The van der Waals surface area contributed by atoms with E-state index in [9.17, 15) is 4.79 Å². The number of aromatic nitrogens is 2. The SMILES string of the molecule is CC(O)CN(C)C(=O)Cn1cc(N)cn1. The molecule has 0 aliphatic carbocycles. The van der Waals surface area contributed by atoms with Crippen molar-refractivity contribution in [2.24, 2.45) is 0 Å². The minimum absolute atomic E-state index is 0.112. The van der Waals surface area contributed by atoms with Crippen LogP contribution < -0.4 is 5.73 Å². The number of nitrogens with zero attached hydrogens (tertiary/aromatic N) is 3. The number of carbonyl (C=O) groups is 1. The Bertz CT molecular complexity index is 335. The third-order valence-corrected chi connectivity index (χ3v) is 1.91. The Balaban J connectivity index is 2.48. The fourth-order valence-corrected chi connectivity index (χ4v) is 1.22. The first-order valence-corrected chi connectivity index (χ1v) is 4.69. The maximum absolute atomic E-state index is 11.6. The Kier molecular flexibility index (Phi) is 3.68. The van der Waals surface area contributed by atoms with E-state index < -0.39 is 6.10 Å². The molecule has 0 fully saturated rings. The van der Waals surface area contributed by atoms with Crippen molar-refractivity contribution in [3.8, 4) is 0 Å². The van der Waals surface area contributed by atoms with Gasteiger partial charge in [0.1, 0.15) is 6.54 Å². The summed E-state index contributed by atoms with van der Waals surface area (Å²) in [5.41, 5.74) is 5.99. The minimum Gasteiger partial charge on any atom is -0.396 e. The van der Waals surface area contributed by atoms with Gasteiger partial charge in [-0.2, -0.15) is 5.10 Å². The molecule has 1 aromatic rings. The van der Waals surface area contributed by atoms with Gasteiger partial charge < -0.3 is 15.7 Å². The standard InChI is InChI=1S/C9H16N4O2/c1-7(14)4-12(2)9(15)6-13-5-8(10)3-11-13/h3,5,7,14H,4,6,10H2,1-2H3. The highest BCUT2D eigenvalue weighted by atomic mass is 16.3. The van der Waals surface area contributed by atoms with Gasteiger partial charge >= 0.3 is 0 Å². The summed E-state index contributed by atoms with van der Waals surface area (Å²) in [7, 11) is 1.64. The van der Waals surface area contributed by atoms with E-state index in [2.05, 4.69) is 5.10 Å². The van der Waals surface area contributed by atoms with Crippen molar-refractivity contribution < 1.29 is 9.90 Å². The van der Waals surface area contributed by atoms with Crippen molar-refractivity contribution in [3.05, 3.63) is 12.4 Å². The van der Waals surface area contributed by atoms with E-state index in [0.717, 1.165) is 0 Å². The third kappa shape index (κ3) is 3.59. The van der Waals surface area contributed by atoms with Crippen LogP contribution in [0.3, 0.4) is 0 Å². The van der Waals surface area contributed by atoms with Gasteiger partial charge in [0.15, 0.2) is 0 Å². The second-order valence-electron chi connectivity index (χ2n) is 3.59. The van der Waals surface area contributed by atoms with Gasteiger partial charge in [0.05, 0.1) is 18.0 Å². The zero-order valence-corrected chi connectivity index (χ0v) is 8.92. The van der Waals surface area contributed by atoms with E-state index in [1.165, 1.54) is 15.8 Å². The highest BCUT2D eigenvalue weighted by Gasteiger charge is 2.11. The second kappa shape index (κ2) is 4.79. The number of aliphatic hydroxyl groups is 1. The molecule has 0 saturated heterocycles. The first-order chi connectivity index (χ1) is 6.99. The molecule has 0 radical (unpaired) electrons. The van der Waals surface area contributed by atoms with Crippen LogP contribution in [0.5, 0.6) is 0 Å². The van der Waals surface area contributed by atoms with Gasteiger partial charge in [-0.1, -0.05) is 0 Å². The number of carbonyl (C=O) groups excluding carboxylic acids is 1. The third-order valence-electron chi connectivity index (χ3n) is 1.91. The predicted octanol–water partition coefficient (Wildman–Crippen LogP) is -0.696. The quantitative estimate of drug-likeness (QED) is 0.691. The molecule has 1 aromatic heterocycles. The average Bonchev–Trinajstić information content (AvgIpc) is 2.50. The molecule has 1 rings (SSSR count). The van der Waals surface area contributed by atoms with Crippen LogP contribution >= 0.6 is 0 Å². The van der Waals surface area contributed by atoms with Crippen LogP contribution in [0.25, 0.3) is 0 Å². The lowest BCUT2D eigenvalue weighted by atomic mass is 10.3. The summed E-state index contributed by atoms with van der Waals surface area (Å²) in [6.07, 6.45) is 2.55. The van der Waals surface area contributed by atoms with E-state index >= 15 is 0 Å². The Morgan fingerprint density at radius 3 is 2.93 bits per heavy atom. The molecule has 15 heavy (non-hydrogen) atoms. The van der Waals surface area contributed by atoms with Crippen LogP contribution in [-0.2, 0) is 11.3 Å². The molecule has 6 nitrogen and oxygen atoms in total. The zero-order chi connectivity index (χ0) is 11.4. The molecule has 0 spiro atoms. The molecule has 0 aliphatic rings. The van der Waals surface area contributed by atoms with Gasteiger partial charge in [0.25, 0.3) is 0 Å². The molecule has 1 heterocycles. The topological polar surface area (TPSA) is 84.4 Å². The number of rotatable bonds is 4. The van der Waals surface area contributed by atoms with Crippen molar-refractivity contribution in [3.63, 3.8) is 0 Å². The van der Waals surface area contributed by atoms with Gasteiger partial charge in [0, 0.05) is 19.8 Å². The van der Waals surface area contributed by atoms with Gasteiger partial charge in [-0.05, 0) is 6.92 Å². The summed E-state index contributed by atoms with van der Waals surface area (Å²) >= 11 is 0. The average molecular weight is 212 g/mol.